The van der Waals surface area contributed by atoms with E-state index in [0.29, 0.717) is 5.92 Å². The molecular weight excluding hydrogens is 352 g/mol. The van der Waals surface area contributed by atoms with Crippen molar-refractivity contribution in [3.63, 3.8) is 0 Å². The van der Waals surface area contributed by atoms with E-state index in [1.54, 1.807) is 0 Å². The van der Waals surface area contributed by atoms with Crippen molar-refractivity contribution in [3.8, 4) is 0 Å². The summed E-state index contributed by atoms with van der Waals surface area (Å²) in [4.78, 5) is 16.1. The summed E-state index contributed by atoms with van der Waals surface area (Å²) in [6, 6.07) is 10.1. The molecule has 5 rings (SSSR count). The zero-order chi connectivity index (χ0) is 18.9. The Morgan fingerprint density at radius 1 is 1.14 bits per heavy atom. The maximum absolute atomic E-state index is 4.81. The molecule has 4 aromatic rings. The van der Waals surface area contributed by atoms with Crippen LogP contribution in [-0.2, 0) is 0 Å². The van der Waals surface area contributed by atoms with Crippen molar-refractivity contribution in [1.29, 1.82) is 0 Å². The third-order valence-electron chi connectivity index (χ3n) is 5.26. The minimum atomic E-state index is 0.549. The number of H-pyrrole nitrogens is 1. The van der Waals surface area contributed by atoms with Crippen LogP contribution in [0.4, 0.5) is 17.7 Å². The summed E-state index contributed by atoms with van der Waals surface area (Å²) >= 11 is 0. The molecule has 8 heteroatoms. The van der Waals surface area contributed by atoms with Crippen molar-refractivity contribution in [2.24, 2.45) is 0 Å². The molecular formula is C20H22N8. The van der Waals surface area contributed by atoms with E-state index in [2.05, 4.69) is 31.5 Å². The highest BCUT2D eigenvalue weighted by Gasteiger charge is 2.23. The van der Waals surface area contributed by atoms with Crippen LogP contribution in [0, 0.1) is 6.92 Å². The number of fused-ring (bicyclic) bond motifs is 1. The van der Waals surface area contributed by atoms with Gasteiger partial charge < -0.3 is 10.2 Å². The molecule has 0 aliphatic carbocycles. The third kappa shape index (κ3) is 3.17. The Labute approximate surface area is 162 Å². The maximum Gasteiger partial charge on any atom is 0.230 e. The number of rotatable bonds is 4. The van der Waals surface area contributed by atoms with Gasteiger partial charge in [0.15, 0.2) is 0 Å². The number of aryl methyl sites for hydroxylation is 1. The maximum atomic E-state index is 4.81. The number of nitrogens with one attached hydrogen (secondary N) is 2. The average Bonchev–Trinajstić information content (AvgIpc) is 3.37. The van der Waals surface area contributed by atoms with E-state index in [4.69, 9.17) is 9.97 Å². The highest BCUT2D eigenvalue weighted by Crippen LogP contribution is 2.29. The van der Waals surface area contributed by atoms with Crippen LogP contribution in [0.2, 0.25) is 0 Å². The molecule has 0 spiro atoms. The van der Waals surface area contributed by atoms with Crippen molar-refractivity contribution in [3.05, 3.63) is 60.2 Å². The number of piperidine rings is 1. The molecule has 1 aliphatic rings. The Bertz CT molecular complexity index is 1080. The highest BCUT2D eigenvalue weighted by atomic mass is 15.3. The molecule has 0 radical (unpaired) electrons. The van der Waals surface area contributed by atoms with Gasteiger partial charge in [0.05, 0.1) is 5.69 Å². The number of aromatic amines is 1. The van der Waals surface area contributed by atoms with Gasteiger partial charge in [0.25, 0.3) is 0 Å². The number of hydrogen-bond acceptors (Lipinski definition) is 6. The zero-order valence-electron chi connectivity index (χ0n) is 15.7. The van der Waals surface area contributed by atoms with Crippen LogP contribution in [0.3, 0.4) is 0 Å². The van der Waals surface area contributed by atoms with E-state index in [9.17, 15) is 0 Å². The standard InChI is InChI=1S/C20H22N8/c1-14-12-17(26-25-14)22-20-24-19(23-18-5-3-9-28(18)20)27-10-6-15(7-11-27)16-4-2-8-21-13-16/h2-5,8-9,12-13,15H,6-7,10-11H2,1H3,(H2,22,23,24,25,26). The van der Waals surface area contributed by atoms with Crippen molar-refractivity contribution >= 4 is 23.4 Å². The minimum absolute atomic E-state index is 0.549. The number of nitrogens with zero attached hydrogens (tertiary/aromatic N) is 6. The van der Waals surface area contributed by atoms with E-state index >= 15 is 0 Å². The Hall–Kier alpha value is -3.42. The first kappa shape index (κ1) is 16.7. The topological polar surface area (TPSA) is 87.0 Å². The van der Waals surface area contributed by atoms with Gasteiger partial charge in [-0.25, -0.2) is 0 Å². The second-order valence-corrected chi connectivity index (χ2v) is 7.18. The fourth-order valence-electron chi connectivity index (χ4n) is 3.78. The molecule has 142 valence electrons. The van der Waals surface area contributed by atoms with E-state index in [1.807, 2.05) is 54.2 Å². The molecule has 8 nitrogen and oxygen atoms in total. The molecule has 2 N–H and O–H groups in total. The lowest BCUT2D eigenvalue weighted by molar-refractivity contribution is 0.498. The predicted molar refractivity (Wildman–Crippen MR) is 108 cm³/mol. The quantitative estimate of drug-likeness (QED) is 0.570. The molecule has 4 aromatic heterocycles. The summed E-state index contributed by atoms with van der Waals surface area (Å²) < 4.78 is 1.95. The Morgan fingerprint density at radius 2 is 2.04 bits per heavy atom. The van der Waals surface area contributed by atoms with Crippen LogP contribution in [0.15, 0.2) is 48.9 Å². The average molecular weight is 374 g/mol. The molecule has 0 aromatic carbocycles. The van der Waals surface area contributed by atoms with Crippen molar-refractivity contribution in [2.75, 3.05) is 23.3 Å². The molecule has 0 amide bonds. The van der Waals surface area contributed by atoms with Crippen molar-refractivity contribution in [1.82, 2.24) is 29.5 Å². The summed E-state index contributed by atoms with van der Waals surface area (Å²) in [5.74, 6) is 2.84. The van der Waals surface area contributed by atoms with Crippen molar-refractivity contribution < 1.29 is 0 Å². The fourth-order valence-corrected chi connectivity index (χ4v) is 3.78. The summed E-state index contributed by atoms with van der Waals surface area (Å²) in [5, 5.41) is 10.5. The summed E-state index contributed by atoms with van der Waals surface area (Å²) in [6.45, 7) is 3.81. The van der Waals surface area contributed by atoms with Gasteiger partial charge in [-0.15, -0.1) is 0 Å². The molecule has 1 fully saturated rings. The number of anilines is 3. The smallest absolute Gasteiger partial charge is 0.230 e. The van der Waals surface area contributed by atoms with Gasteiger partial charge in [-0.3, -0.25) is 14.5 Å². The van der Waals surface area contributed by atoms with Crippen LogP contribution in [0.25, 0.3) is 5.65 Å². The van der Waals surface area contributed by atoms with Gasteiger partial charge in [0.1, 0.15) is 11.5 Å². The lowest BCUT2D eigenvalue weighted by Gasteiger charge is -2.32. The monoisotopic (exact) mass is 374 g/mol. The van der Waals surface area contributed by atoms with Gasteiger partial charge in [-0.1, -0.05) is 6.07 Å². The molecule has 0 bridgehead atoms. The molecule has 0 atom stereocenters. The Balaban J connectivity index is 1.39. The first-order chi connectivity index (χ1) is 13.8. The highest BCUT2D eigenvalue weighted by molar-refractivity contribution is 5.57. The van der Waals surface area contributed by atoms with Gasteiger partial charge in [0.2, 0.25) is 11.9 Å². The Kier molecular flexibility index (Phi) is 4.16. The Morgan fingerprint density at radius 3 is 2.79 bits per heavy atom. The number of aromatic nitrogens is 6. The van der Waals surface area contributed by atoms with E-state index in [1.165, 1.54) is 5.56 Å². The first-order valence-electron chi connectivity index (χ1n) is 9.55. The minimum Gasteiger partial charge on any atom is -0.341 e. The third-order valence-corrected chi connectivity index (χ3v) is 5.26. The van der Waals surface area contributed by atoms with E-state index in [-0.39, 0.29) is 0 Å². The van der Waals surface area contributed by atoms with Crippen molar-refractivity contribution in [2.45, 2.75) is 25.7 Å². The summed E-state index contributed by atoms with van der Waals surface area (Å²) in [6.07, 6.45) is 7.92. The van der Waals surface area contributed by atoms with Crippen LogP contribution >= 0.6 is 0 Å². The molecule has 0 unspecified atom stereocenters. The van der Waals surface area contributed by atoms with Gasteiger partial charge in [-0.05, 0) is 49.4 Å². The fraction of sp³-hybridized carbons (Fsp3) is 0.300. The second kappa shape index (κ2) is 6.95. The molecule has 1 aliphatic heterocycles. The van der Waals surface area contributed by atoms with Crippen LogP contribution in [0.1, 0.15) is 30.0 Å². The van der Waals surface area contributed by atoms with E-state index < -0.39 is 0 Å². The summed E-state index contributed by atoms with van der Waals surface area (Å²) in [7, 11) is 0. The lowest BCUT2D eigenvalue weighted by atomic mass is 9.91. The molecule has 1 saturated heterocycles. The first-order valence-corrected chi connectivity index (χ1v) is 9.55. The normalized spacial score (nSPS) is 15.2. The predicted octanol–water partition coefficient (Wildman–Crippen LogP) is 3.28. The lowest BCUT2D eigenvalue weighted by Crippen LogP contribution is -2.34. The van der Waals surface area contributed by atoms with E-state index in [0.717, 1.165) is 55.0 Å². The SMILES string of the molecule is Cc1cc(Nc2nc(N3CCC(c4cccnc4)CC3)nc3cccn23)[nH]n1. The number of pyridine rings is 1. The van der Waals surface area contributed by atoms with Gasteiger partial charge >= 0.3 is 0 Å². The van der Waals surface area contributed by atoms with Crippen LogP contribution in [0.5, 0.6) is 0 Å². The molecule has 28 heavy (non-hydrogen) atoms. The van der Waals surface area contributed by atoms with Crippen LogP contribution < -0.4 is 10.2 Å². The second-order valence-electron chi connectivity index (χ2n) is 7.18. The largest absolute Gasteiger partial charge is 0.341 e. The van der Waals surface area contributed by atoms with Gasteiger partial charge in [0, 0.05) is 37.7 Å². The summed E-state index contributed by atoms with van der Waals surface area (Å²) in [5.41, 5.74) is 3.12. The molecule has 0 saturated carbocycles. The number of hydrogen-bond donors (Lipinski definition) is 2. The molecule has 5 heterocycles. The van der Waals surface area contributed by atoms with Crippen LogP contribution in [-0.4, -0.2) is 42.6 Å². The zero-order valence-corrected chi connectivity index (χ0v) is 15.7. The van der Waals surface area contributed by atoms with Gasteiger partial charge in [-0.2, -0.15) is 15.1 Å².